The quantitative estimate of drug-likeness (QED) is 0.299. The lowest BCUT2D eigenvalue weighted by molar-refractivity contribution is -0.170. The number of rotatable bonds is 12. The SMILES string of the molecule is CON(C)C(=O)[C@@H]1CCCN1c1ccc(OCCCOc2ccc(N3CCC[C@H]3C(=O)N(C)OC)cc2)cc1. The summed E-state index contributed by atoms with van der Waals surface area (Å²) in [5, 5.41) is 2.59. The Labute approximate surface area is 230 Å². The van der Waals surface area contributed by atoms with E-state index in [9.17, 15) is 9.59 Å². The molecule has 2 aliphatic heterocycles. The normalized spacial score (nSPS) is 18.8. The summed E-state index contributed by atoms with van der Waals surface area (Å²) in [5.74, 6) is 1.51. The predicted octanol–water partition coefficient (Wildman–Crippen LogP) is 3.51. The van der Waals surface area contributed by atoms with Gasteiger partial charge in [-0.2, -0.15) is 0 Å². The number of hydrogen-bond donors (Lipinski definition) is 0. The first kappa shape index (κ1) is 28.5. The number of carbonyl (C=O) groups is 2. The predicted molar refractivity (Wildman–Crippen MR) is 149 cm³/mol. The van der Waals surface area contributed by atoms with Gasteiger partial charge in [-0.25, -0.2) is 10.1 Å². The molecule has 2 atom stereocenters. The van der Waals surface area contributed by atoms with Crippen LogP contribution in [0, 0.1) is 0 Å². The lowest BCUT2D eigenvalue weighted by Crippen LogP contribution is -2.43. The zero-order valence-electron chi connectivity index (χ0n) is 23.4. The number of nitrogens with zero attached hydrogens (tertiary/aromatic N) is 4. The number of ether oxygens (including phenoxy) is 2. The first-order valence-corrected chi connectivity index (χ1v) is 13.5. The summed E-state index contributed by atoms with van der Waals surface area (Å²) in [4.78, 5) is 39.6. The maximum Gasteiger partial charge on any atom is 0.268 e. The number of hydroxylamine groups is 4. The molecule has 2 amide bonds. The summed E-state index contributed by atoms with van der Waals surface area (Å²) < 4.78 is 11.8. The van der Waals surface area contributed by atoms with Crippen LogP contribution >= 0.6 is 0 Å². The van der Waals surface area contributed by atoms with Crippen LogP contribution in [0.5, 0.6) is 11.5 Å². The summed E-state index contributed by atoms with van der Waals surface area (Å²) in [6.45, 7) is 2.75. The maximum absolute atomic E-state index is 12.6. The maximum atomic E-state index is 12.6. The standard InChI is InChI=1S/C29H40N4O6/c1-30(36-3)28(34)26-8-5-18-32(26)22-10-14-24(15-11-22)38-20-7-21-39-25-16-12-23(13-17-25)33-19-6-9-27(33)29(35)31(2)37-4/h10-17,26-27H,5-9,18-21H2,1-4H3/t26-,27-/m0/s1. The van der Waals surface area contributed by atoms with E-state index < -0.39 is 0 Å². The minimum absolute atomic E-state index is 0.0322. The number of carbonyl (C=O) groups excluding carboxylic acids is 2. The summed E-state index contributed by atoms with van der Waals surface area (Å²) in [6.07, 6.45) is 4.32. The minimum Gasteiger partial charge on any atom is -0.493 e. The molecule has 2 aliphatic rings. The van der Waals surface area contributed by atoms with Crippen molar-refractivity contribution in [2.45, 2.75) is 44.2 Å². The van der Waals surface area contributed by atoms with Crippen molar-refractivity contribution in [3.63, 3.8) is 0 Å². The molecule has 4 rings (SSSR count). The fraction of sp³-hybridized carbons (Fsp3) is 0.517. The average Bonchev–Trinajstić information content (AvgIpc) is 3.66. The molecule has 2 heterocycles. The van der Waals surface area contributed by atoms with Gasteiger partial charge in [0.25, 0.3) is 11.8 Å². The Balaban J connectivity index is 1.20. The molecule has 10 heteroatoms. The molecule has 2 fully saturated rings. The number of likely N-dealkylation sites (N-methyl/N-ethyl adjacent to an activating group) is 2. The van der Waals surface area contributed by atoms with Crippen LogP contribution in [0.1, 0.15) is 32.1 Å². The summed E-state index contributed by atoms with van der Waals surface area (Å²) in [7, 11) is 6.29. The monoisotopic (exact) mass is 540 g/mol. The van der Waals surface area contributed by atoms with Crippen molar-refractivity contribution in [3.8, 4) is 11.5 Å². The van der Waals surface area contributed by atoms with Gasteiger partial charge in [0.05, 0.1) is 27.4 Å². The highest BCUT2D eigenvalue weighted by Gasteiger charge is 2.34. The van der Waals surface area contributed by atoms with Crippen LogP contribution in [0.15, 0.2) is 48.5 Å². The van der Waals surface area contributed by atoms with Crippen LogP contribution in [0.4, 0.5) is 11.4 Å². The van der Waals surface area contributed by atoms with E-state index in [4.69, 9.17) is 19.1 Å². The van der Waals surface area contributed by atoms with E-state index in [1.165, 1.54) is 24.3 Å². The zero-order valence-corrected chi connectivity index (χ0v) is 23.4. The van der Waals surface area contributed by atoms with Crippen LogP contribution in [-0.4, -0.2) is 88.6 Å². The van der Waals surface area contributed by atoms with Crippen LogP contribution in [-0.2, 0) is 19.3 Å². The van der Waals surface area contributed by atoms with Crippen molar-refractivity contribution in [1.29, 1.82) is 0 Å². The van der Waals surface area contributed by atoms with Crippen molar-refractivity contribution >= 4 is 23.2 Å². The topological polar surface area (TPSA) is 84.0 Å². The number of benzene rings is 2. The molecule has 39 heavy (non-hydrogen) atoms. The molecule has 0 N–H and O–H groups in total. The lowest BCUT2D eigenvalue weighted by atomic mass is 10.2. The number of anilines is 2. The van der Waals surface area contributed by atoms with Gasteiger partial charge in [-0.1, -0.05) is 0 Å². The summed E-state index contributed by atoms with van der Waals surface area (Å²) in [6, 6.07) is 15.3. The van der Waals surface area contributed by atoms with Crippen molar-refractivity contribution in [2.24, 2.45) is 0 Å². The Kier molecular flexibility index (Phi) is 9.89. The summed E-state index contributed by atoms with van der Waals surface area (Å²) in [5.41, 5.74) is 2.01. The molecular weight excluding hydrogens is 500 g/mol. The van der Waals surface area contributed by atoms with Crippen molar-refractivity contribution in [3.05, 3.63) is 48.5 Å². The van der Waals surface area contributed by atoms with E-state index >= 15 is 0 Å². The van der Waals surface area contributed by atoms with E-state index in [0.717, 1.165) is 68.1 Å². The van der Waals surface area contributed by atoms with Gasteiger partial charge >= 0.3 is 0 Å². The fourth-order valence-electron chi connectivity index (χ4n) is 5.17. The highest BCUT2D eigenvalue weighted by Crippen LogP contribution is 2.29. The Morgan fingerprint density at radius 2 is 1.10 bits per heavy atom. The van der Waals surface area contributed by atoms with Gasteiger partial charge in [-0.15, -0.1) is 0 Å². The zero-order chi connectivity index (χ0) is 27.8. The molecule has 0 aliphatic carbocycles. The third kappa shape index (κ3) is 6.93. The van der Waals surface area contributed by atoms with E-state index in [-0.39, 0.29) is 23.9 Å². The van der Waals surface area contributed by atoms with Gasteiger partial charge in [0.1, 0.15) is 23.6 Å². The van der Waals surface area contributed by atoms with Crippen LogP contribution in [0.25, 0.3) is 0 Å². The van der Waals surface area contributed by atoms with E-state index in [1.807, 2.05) is 48.5 Å². The largest absolute Gasteiger partial charge is 0.493 e. The van der Waals surface area contributed by atoms with Crippen LogP contribution in [0.2, 0.25) is 0 Å². The first-order chi connectivity index (χ1) is 18.9. The second-order valence-electron chi connectivity index (χ2n) is 9.78. The average molecular weight is 541 g/mol. The van der Waals surface area contributed by atoms with Gasteiger partial charge in [-0.3, -0.25) is 19.3 Å². The van der Waals surface area contributed by atoms with Gasteiger partial charge in [-0.05, 0) is 74.2 Å². The molecule has 10 nitrogen and oxygen atoms in total. The molecule has 2 saturated heterocycles. The Morgan fingerprint density at radius 1 is 0.718 bits per heavy atom. The second-order valence-corrected chi connectivity index (χ2v) is 9.78. The molecule has 0 spiro atoms. The Hall–Kier alpha value is -3.50. The molecule has 0 aromatic heterocycles. The molecule has 2 aromatic carbocycles. The van der Waals surface area contributed by atoms with Gasteiger partial charge in [0.2, 0.25) is 0 Å². The number of amides is 2. The highest BCUT2D eigenvalue weighted by molar-refractivity contribution is 5.85. The molecule has 212 valence electrons. The first-order valence-electron chi connectivity index (χ1n) is 13.5. The minimum atomic E-state index is -0.204. The molecule has 0 bridgehead atoms. The molecule has 0 unspecified atom stereocenters. The van der Waals surface area contributed by atoms with Crippen LogP contribution < -0.4 is 19.3 Å². The number of hydrogen-bond acceptors (Lipinski definition) is 8. The molecule has 0 saturated carbocycles. The van der Waals surface area contributed by atoms with E-state index in [0.29, 0.717) is 13.2 Å². The molecule has 2 aromatic rings. The van der Waals surface area contributed by atoms with Gasteiger partial charge in [0, 0.05) is 45.0 Å². The van der Waals surface area contributed by atoms with Crippen LogP contribution in [0.3, 0.4) is 0 Å². The third-order valence-corrected chi connectivity index (χ3v) is 7.41. The van der Waals surface area contributed by atoms with Crippen molar-refractivity contribution in [1.82, 2.24) is 10.1 Å². The molecular formula is C29H40N4O6. The second kappa shape index (κ2) is 13.5. The smallest absolute Gasteiger partial charge is 0.268 e. The van der Waals surface area contributed by atoms with E-state index in [1.54, 1.807) is 14.1 Å². The van der Waals surface area contributed by atoms with Gasteiger partial charge in [0.15, 0.2) is 0 Å². The molecule has 0 radical (unpaired) electrons. The van der Waals surface area contributed by atoms with Crippen molar-refractivity contribution < 1.29 is 28.7 Å². The highest BCUT2D eigenvalue weighted by atomic mass is 16.7. The van der Waals surface area contributed by atoms with E-state index in [2.05, 4.69) is 9.80 Å². The summed E-state index contributed by atoms with van der Waals surface area (Å²) >= 11 is 0. The lowest BCUT2D eigenvalue weighted by Gasteiger charge is -2.28. The Morgan fingerprint density at radius 3 is 1.46 bits per heavy atom. The Bertz CT molecular complexity index is 995. The van der Waals surface area contributed by atoms with Gasteiger partial charge < -0.3 is 19.3 Å². The van der Waals surface area contributed by atoms with Crippen molar-refractivity contribution in [2.75, 3.05) is 64.4 Å². The third-order valence-electron chi connectivity index (χ3n) is 7.41. The fourth-order valence-corrected chi connectivity index (χ4v) is 5.17.